The highest BCUT2D eigenvalue weighted by Gasteiger charge is 2.76. The Bertz CT molecular complexity index is 682. The summed E-state index contributed by atoms with van der Waals surface area (Å²) in [6.45, 7) is 5.34. The molecule has 2 aliphatic rings. The summed E-state index contributed by atoms with van der Waals surface area (Å²) in [4.78, 5) is 51.4. The number of carbonyl (C=O) groups excluding carboxylic acids is 4. The Kier molecular flexibility index (Phi) is 4.65. The molecule has 25 heavy (non-hydrogen) atoms. The van der Waals surface area contributed by atoms with E-state index in [1.807, 2.05) is 13.8 Å². The number of nitrogens with zero attached hydrogens (tertiary/aromatic N) is 1. The minimum absolute atomic E-state index is 0.0129. The summed E-state index contributed by atoms with van der Waals surface area (Å²) in [5, 5.41) is 0. The second-order valence-electron chi connectivity index (χ2n) is 6.30. The number of methoxy groups -OCH3 is 3. The molecule has 2 unspecified atom stereocenters. The molecule has 2 bridgehead atoms. The lowest BCUT2D eigenvalue weighted by Crippen LogP contribution is -2.57. The van der Waals surface area contributed by atoms with Crippen molar-refractivity contribution in [3.05, 3.63) is 11.1 Å². The van der Waals surface area contributed by atoms with E-state index in [2.05, 4.69) is 4.74 Å². The Labute approximate surface area is 144 Å². The molecule has 0 aromatic carbocycles. The molecule has 2 atom stereocenters. The maximum Gasteiger partial charge on any atom is 0.353 e. The average Bonchev–Trinajstić information content (AvgIpc) is 2.98. The van der Waals surface area contributed by atoms with E-state index in [1.165, 1.54) is 11.8 Å². The lowest BCUT2D eigenvalue weighted by molar-refractivity contribution is -0.169. The zero-order chi connectivity index (χ0) is 19.2. The van der Waals surface area contributed by atoms with E-state index in [0.717, 1.165) is 21.3 Å². The molecule has 1 fully saturated rings. The van der Waals surface area contributed by atoms with Crippen molar-refractivity contribution in [2.24, 2.45) is 5.92 Å². The Morgan fingerprint density at radius 1 is 1.04 bits per heavy atom. The fourth-order valence-corrected chi connectivity index (χ4v) is 3.27. The second-order valence-corrected chi connectivity index (χ2v) is 6.30. The summed E-state index contributed by atoms with van der Waals surface area (Å²) in [6, 6.07) is 0. The molecule has 2 heterocycles. The molecule has 1 saturated heterocycles. The van der Waals surface area contributed by atoms with Crippen molar-refractivity contribution in [2.45, 2.75) is 32.1 Å². The lowest BCUT2D eigenvalue weighted by Gasteiger charge is -2.36. The van der Waals surface area contributed by atoms with Crippen LogP contribution in [0.25, 0.3) is 0 Å². The fraction of sp³-hybridized carbons (Fsp3) is 0.625. The number of amides is 1. The van der Waals surface area contributed by atoms with E-state index < -0.39 is 40.7 Å². The van der Waals surface area contributed by atoms with Crippen LogP contribution in [0.5, 0.6) is 0 Å². The van der Waals surface area contributed by atoms with Gasteiger partial charge in [-0.05, 0) is 12.8 Å². The number of fused-ring (bicyclic) bond motifs is 2. The average molecular weight is 355 g/mol. The summed E-state index contributed by atoms with van der Waals surface area (Å²) < 4.78 is 19.9. The van der Waals surface area contributed by atoms with Crippen molar-refractivity contribution in [1.82, 2.24) is 4.90 Å². The van der Waals surface area contributed by atoms with Crippen LogP contribution in [-0.2, 0) is 38.1 Å². The van der Waals surface area contributed by atoms with Gasteiger partial charge in [0.25, 0.3) is 11.5 Å². The predicted molar refractivity (Wildman–Crippen MR) is 81.8 cm³/mol. The van der Waals surface area contributed by atoms with E-state index >= 15 is 0 Å². The number of esters is 3. The molecule has 9 nitrogen and oxygen atoms in total. The van der Waals surface area contributed by atoms with Crippen molar-refractivity contribution in [3.63, 3.8) is 0 Å². The molecule has 0 aliphatic carbocycles. The van der Waals surface area contributed by atoms with Crippen LogP contribution in [0.4, 0.5) is 0 Å². The number of carbonyl (C=O) groups is 4. The van der Waals surface area contributed by atoms with Gasteiger partial charge in [-0.15, -0.1) is 0 Å². The van der Waals surface area contributed by atoms with Gasteiger partial charge in [0.15, 0.2) is 5.72 Å². The van der Waals surface area contributed by atoms with Gasteiger partial charge in [0, 0.05) is 6.54 Å². The molecule has 0 saturated carbocycles. The molecule has 9 heteroatoms. The molecule has 0 aromatic rings. The highest BCUT2D eigenvalue weighted by Crippen LogP contribution is 2.53. The highest BCUT2D eigenvalue weighted by molar-refractivity contribution is 6.23. The van der Waals surface area contributed by atoms with Crippen LogP contribution in [-0.4, -0.2) is 67.9 Å². The number of hydrogen-bond donors (Lipinski definition) is 0. The van der Waals surface area contributed by atoms with Gasteiger partial charge in [0.2, 0.25) is 0 Å². The largest absolute Gasteiger partial charge is 0.466 e. The predicted octanol–water partition coefficient (Wildman–Crippen LogP) is -0.215. The van der Waals surface area contributed by atoms with Crippen molar-refractivity contribution < 1.29 is 38.1 Å². The Morgan fingerprint density at radius 3 is 2.00 bits per heavy atom. The van der Waals surface area contributed by atoms with E-state index in [1.54, 1.807) is 0 Å². The molecular weight excluding hydrogens is 334 g/mol. The first-order chi connectivity index (χ1) is 11.6. The van der Waals surface area contributed by atoms with Crippen LogP contribution in [0.1, 0.15) is 20.8 Å². The van der Waals surface area contributed by atoms with E-state index in [-0.39, 0.29) is 18.0 Å². The first-order valence-corrected chi connectivity index (χ1v) is 7.64. The van der Waals surface area contributed by atoms with E-state index in [4.69, 9.17) is 14.2 Å². The quantitative estimate of drug-likeness (QED) is 0.378. The van der Waals surface area contributed by atoms with Gasteiger partial charge in [0.1, 0.15) is 11.1 Å². The third-order valence-corrected chi connectivity index (χ3v) is 4.28. The first kappa shape index (κ1) is 18.9. The number of hydrogen-bond acceptors (Lipinski definition) is 8. The summed E-state index contributed by atoms with van der Waals surface area (Å²) >= 11 is 0. The van der Waals surface area contributed by atoms with Gasteiger partial charge in [-0.2, -0.15) is 0 Å². The van der Waals surface area contributed by atoms with E-state index in [9.17, 15) is 19.2 Å². The summed E-state index contributed by atoms with van der Waals surface area (Å²) in [6.07, 6.45) is 0. The van der Waals surface area contributed by atoms with Crippen LogP contribution in [0.3, 0.4) is 0 Å². The maximum atomic E-state index is 13.0. The number of rotatable bonds is 5. The van der Waals surface area contributed by atoms with Crippen LogP contribution in [0.15, 0.2) is 11.1 Å². The standard InChI is InChI=1S/C16H21NO8/c1-8(2)7-17-13(20)16(14(21)24-6)10(12(19)23-5)9(11(18)22-4)15(17,3)25-16/h8H,7H2,1-6H3. The molecule has 0 spiro atoms. The van der Waals surface area contributed by atoms with Crippen molar-refractivity contribution in [1.29, 1.82) is 0 Å². The molecule has 2 aliphatic heterocycles. The van der Waals surface area contributed by atoms with Gasteiger partial charge < -0.3 is 23.8 Å². The maximum absolute atomic E-state index is 13.0. The van der Waals surface area contributed by atoms with Gasteiger partial charge in [-0.25, -0.2) is 14.4 Å². The minimum Gasteiger partial charge on any atom is -0.466 e. The SMILES string of the molecule is COC(=O)C1=C(C(=O)OC)C2(C)OC1(C(=O)OC)C(=O)N2CC(C)C. The number of ether oxygens (including phenoxy) is 4. The minimum atomic E-state index is -2.38. The van der Waals surface area contributed by atoms with Crippen LogP contribution < -0.4 is 0 Å². The van der Waals surface area contributed by atoms with Crippen molar-refractivity contribution >= 4 is 23.8 Å². The molecule has 0 N–H and O–H groups in total. The normalized spacial score (nSPS) is 27.8. The first-order valence-electron chi connectivity index (χ1n) is 7.64. The van der Waals surface area contributed by atoms with Crippen molar-refractivity contribution in [2.75, 3.05) is 27.9 Å². The molecule has 138 valence electrons. The zero-order valence-corrected chi connectivity index (χ0v) is 15.0. The van der Waals surface area contributed by atoms with Crippen LogP contribution >= 0.6 is 0 Å². The van der Waals surface area contributed by atoms with Gasteiger partial charge in [0.05, 0.1) is 21.3 Å². The molecule has 0 radical (unpaired) electrons. The summed E-state index contributed by atoms with van der Waals surface area (Å²) in [5.74, 6) is -3.79. The van der Waals surface area contributed by atoms with Crippen molar-refractivity contribution in [3.8, 4) is 0 Å². The highest BCUT2D eigenvalue weighted by atomic mass is 16.6. The smallest absolute Gasteiger partial charge is 0.353 e. The summed E-state index contributed by atoms with van der Waals surface area (Å²) in [5.41, 5.74) is -4.77. The van der Waals surface area contributed by atoms with Crippen LogP contribution in [0.2, 0.25) is 0 Å². The monoisotopic (exact) mass is 355 g/mol. The van der Waals surface area contributed by atoms with Gasteiger partial charge in [-0.3, -0.25) is 4.79 Å². The Hall–Kier alpha value is -2.42. The topological polar surface area (TPSA) is 108 Å². The second kappa shape index (κ2) is 6.14. The Balaban J connectivity index is 2.82. The molecule has 0 aromatic heterocycles. The molecule has 1 amide bonds. The fourth-order valence-electron chi connectivity index (χ4n) is 3.27. The van der Waals surface area contributed by atoms with E-state index in [0.29, 0.717) is 0 Å². The van der Waals surface area contributed by atoms with Crippen LogP contribution in [0, 0.1) is 5.92 Å². The third-order valence-electron chi connectivity index (χ3n) is 4.28. The lowest BCUT2D eigenvalue weighted by atomic mass is 9.83. The Morgan fingerprint density at radius 2 is 1.56 bits per heavy atom. The van der Waals surface area contributed by atoms with Gasteiger partial charge >= 0.3 is 17.9 Å². The molecule has 2 rings (SSSR count). The molecular formula is C16H21NO8. The zero-order valence-electron chi connectivity index (χ0n) is 15.0. The third kappa shape index (κ3) is 2.33. The summed E-state index contributed by atoms with van der Waals surface area (Å²) in [7, 11) is 3.25. The van der Waals surface area contributed by atoms with Gasteiger partial charge in [-0.1, -0.05) is 13.8 Å².